The summed E-state index contributed by atoms with van der Waals surface area (Å²) in [5.74, 6) is 0.619. The minimum Gasteiger partial charge on any atom is -0.366 e. The van der Waals surface area contributed by atoms with Crippen molar-refractivity contribution in [3.63, 3.8) is 0 Å². The molecule has 1 saturated carbocycles. The number of halogens is 1. The molecule has 1 aromatic carbocycles. The normalized spacial score (nSPS) is 23.3. The summed E-state index contributed by atoms with van der Waals surface area (Å²) in [6.45, 7) is 1.87. The number of benzene rings is 1. The van der Waals surface area contributed by atoms with Crippen LogP contribution in [0.15, 0.2) is 48.1 Å². The third-order valence-electron chi connectivity index (χ3n) is 3.12. The number of allylic oxidation sites excluding steroid dienone is 3. The van der Waals surface area contributed by atoms with E-state index in [1.54, 1.807) is 0 Å². The Morgan fingerprint density at radius 3 is 2.83 bits per heavy atom. The lowest BCUT2D eigenvalue weighted by Gasteiger charge is -2.00. The van der Waals surface area contributed by atoms with E-state index >= 15 is 0 Å². The summed E-state index contributed by atoms with van der Waals surface area (Å²) >= 11 is 6.16. The van der Waals surface area contributed by atoms with Crippen LogP contribution in [0, 0.1) is 5.92 Å². The van der Waals surface area contributed by atoms with E-state index in [4.69, 9.17) is 17.3 Å². The van der Waals surface area contributed by atoms with Crippen LogP contribution in [0.4, 0.5) is 0 Å². The highest BCUT2D eigenvalue weighted by Gasteiger charge is 2.37. The molecule has 0 spiro atoms. The van der Waals surface area contributed by atoms with Gasteiger partial charge in [0.05, 0.1) is 0 Å². The van der Waals surface area contributed by atoms with E-state index in [2.05, 4.69) is 12.1 Å². The Labute approximate surface area is 112 Å². The molecular weight excluding hydrogens is 246 g/mol. The number of nitrogens with two attached hydrogens (primary N) is 1. The molecule has 0 aromatic heterocycles. The van der Waals surface area contributed by atoms with Crippen molar-refractivity contribution in [2.45, 2.75) is 19.3 Å². The number of hydrogen-bond acceptors (Lipinski definition) is 1. The molecule has 1 aliphatic rings. The van der Waals surface area contributed by atoms with Crippen LogP contribution in [0.5, 0.6) is 0 Å². The average Bonchev–Trinajstić information content (AvgIpc) is 3.05. The molecule has 94 valence electrons. The monoisotopic (exact) mass is 261 g/mol. The molecule has 0 saturated heterocycles. The van der Waals surface area contributed by atoms with Crippen molar-refractivity contribution in [2.75, 3.05) is 0 Å². The van der Waals surface area contributed by atoms with Crippen LogP contribution in [-0.4, -0.2) is 5.91 Å². The van der Waals surface area contributed by atoms with Crippen LogP contribution in [0.3, 0.4) is 0 Å². The van der Waals surface area contributed by atoms with Gasteiger partial charge < -0.3 is 5.73 Å². The molecule has 0 unspecified atom stereocenters. The van der Waals surface area contributed by atoms with Gasteiger partial charge in [0.15, 0.2) is 0 Å². The first kappa shape index (κ1) is 12.9. The van der Waals surface area contributed by atoms with Gasteiger partial charge in [0, 0.05) is 11.1 Å². The van der Waals surface area contributed by atoms with Crippen molar-refractivity contribution in [1.82, 2.24) is 0 Å². The Morgan fingerprint density at radius 2 is 2.17 bits per heavy atom. The summed E-state index contributed by atoms with van der Waals surface area (Å²) in [5, 5.41) is 0.836. The molecule has 2 rings (SSSR count). The van der Waals surface area contributed by atoms with Gasteiger partial charge in [-0.1, -0.05) is 42.0 Å². The van der Waals surface area contributed by atoms with E-state index in [0.717, 1.165) is 17.0 Å². The van der Waals surface area contributed by atoms with E-state index in [1.165, 1.54) is 11.6 Å². The van der Waals surface area contributed by atoms with Crippen LogP contribution in [0.2, 0.25) is 5.02 Å². The number of primary amides is 1. The van der Waals surface area contributed by atoms with Gasteiger partial charge in [-0.3, -0.25) is 4.79 Å². The molecule has 3 heteroatoms. The zero-order chi connectivity index (χ0) is 13.1. The van der Waals surface area contributed by atoms with E-state index in [0.29, 0.717) is 11.8 Å². The first-order chi connectivity index (χ1) is 8.58. The number of amides is 1. The SMILES string of the molecule is CC(C=C[C@@H]1C[C@H]1c1ccccc1Cl)=CC(N)=O. The number of rotatable bonds is 4. The number of hydrogen-bond donors (Lipinski definition) is 1. The van der Waals surface area contributed by atoms with Crippen molar-refractivity contribution in [3.8, 4) is 0 Å². The van der Waals surface area contributed by atoms with Gasteiger partial charge in [-0.25, -0.2) is 0 Å². The Bertz CT molecular complexity index is 519. The van der Waals surface area contributed by atoms with Gasteiger partial charge in [0.25, 0.3) is 0 Å². The predicted octanol–water partition coefficient (Wildman–Crippen LogP) is 3.43. The fourth-order valence-corrected chi connectivity index (χ4v) is 2.38. The minimum atomic E-state index is -0.407. The zero-order valence-electron chi connectivity index (χ0n) is 10.3. The van der Waals surface area contributed by atoms with Gasteiger partial charge in [-0.15, -0.1) is 0 Å². The summed E-state index contributed by atoms with van der Waals surface area (Å²) < 4.78 is 0. The molecule has 1 amide bonds. The van der Waals surface area contributed by atoms with Crippen LogP contribution >= 0.6 is 11.6 Å². The highest BCUT2D eigenvalue weighted by Crippen LogP contribution is 2.50. The summed E-state index contributed by atoms with van der Waals surface area (Å²) in [6, 6.07) is 7.96. The maximum Gasteiger partial charge on any atom is 0.241 e. The van der Waals surface area contributed by atoms with Crippen LogP contribution in [-0.2, 0) is 4.79 Å². The highest BCUT2D eigenvalue weighted by molar-refractivity contribution is 6.31. The third-order valence-corrected chi connectivity index (χ3v) is 3.46. The van der Waals surface area contributed by atoms with Crippen LogP contribution in [0.1, 0.15) is 24.8 Å². The first-order valence-corrected chi connectivity index (χ1v) is 6.36. The number of carbonyl (C=O) groups excluding carboxylic acids is 1. The Balaban J connectivity index is 1.99. The predicted molar refractivity (Wildman–Crippen MR) is 74.4 cm³/mol. The topological polar surface area (TPSA) is 43.1 Å². The van der Waals surface area contributed by atoms with Gasteiger partial charge in [-0.2, -0.15) is 0 Å². The van der Waals surface area contributed by atoms with Gasteiger partial charge in [-0.05, 0) is 42.4 Å². The second-order valence-corrected chi connectivity index (χ2v) is 5.08. The fraction of sp³-hybridized carbons (Fsp3) is 0.267. The second kappa shape index (κ2) is 5.40. The lowest BCUT2D eigenvalue weighted by molar-refractivity contribution is -0.113. The molecule has 0 bridgehead atoms. The second-order valence-electron chi connectivity index (χ2n) is 4.68. The van der Waals surface area contributed by atoms with Gasteiger partial charge in [0.1, 0.15) is 0 Å². The molecule has 0 aliphatic heterocycles. The molecule has 2 atom stereocenters. The lowest BCUT2D eigenvalue weighted by atomic mass is 10.1. The largest absolute Gasteiger partial charge is 0.366 e. The van der Waals surface area contributed by atoms with Crippen molar-refractivity contribution in [2.24, 2.45) is 11.7 Å². The molecule has 1 aromatic rings. The Kier molecular flexibility index (Phi) is 3.87. The Morgan fingerprint density at radius 1 is 1.44 bits per heavy atom. The standard InChI is InChI=1S/C15H16ClNO/c1-10(8-15(17)18)6-7-11-9-13(11)12-4-2-3-5-14(12)16/h2-8,11,13H,9H2,1H3,(H2,17,18)/t11-,13-/m1/s1. The molecule has 1 aliphatic carbocycles. The third kappa shape index (κ3) is 3.23. The van der Waals surface area contributed by atoms with Crippen LogP contribution in [0.25, 0.3) is 0 Å². The van der Waals surface area contributed by atoms with E-state index < -0.39 is 5.91 Å². The average molecular weight is 262 g/mol. The van der Waals surface area contributed by atoms with E-state index in [-0.39, 0.29) is 0 Å². The molecule has 18 heavy (non-hydrogen) atoms. The summed E-state index contributed by atoms with van der Waals surface area (Å²) in [6.07, 6.45) is 6.63. The molecule has 2 N–H and O–H groups in total. The van der Waals surface area contributed by atoms with Gasteiger partial charge >= 0.3 is 0 Å². The molecular formula is C15H16ClNO. The van der Waals surface area contributed by atoms with Crippen molar-refractivity contribution >= 4 is 17.5 Å². The lowest BCUT2D eigenvalue weighted by Crippen LogP contribution is -2.06. The first-order valence-electron chi connectivity index (χ1n) is 5.98. The fourth-order valence-electron chi connectivity index (χ4n) is 2.11. The molecule has 2 nitrogen and oxygen atoms in total. The smallest absolute Gasteiger partial charge is 0.241 e. The highest BCUT2D eigenvalue weighted by atomic mass is 35.5. The summed E-state index contributed by atoms with van der Waals surface area (Å²) in [4.78, 5) is 10.7. The summed E-state index contributed by atoms with van der Waals surface area (Å²) in [5.41, 5.74) is 7.18. The maximum atomic E-state index is 10.7. The van der Waals surface area contributed by atoms with Crippen molar-refractivity contribution in [3.05, 3.63) is 58.7 Å². The Hall–Kier alpha value is -1.54. The van der Waals surface area contributed by atoms with Crippen molar-refractivity contribution in [1.29, 1.82) is 0 Å². The molecule has 1 fully saturated rings. The maximum absolute atomic E-state index is 10.7. The van der Waals surface area contributed by atoms with Crippen LogP contribution < -0.4 is 5.73 Å². The van der Waals surface area contributed by atoms with Crippen molar-refractivity contribution < 1.29 is 4.79 Å². The number of carbonyl (C=O) groups is 1. The quantitative estimate of drug-likeness (QED) is 0.655. The van der Waals surface area contributed by atoms with E-state index in [9.17, 15) is 4.79 Å². The molecule has 0 heterocycles. The minimum absolute atomic E-state index is 0.407. The molecule has 0 radical (unpaired) electrons. The van der Waals surface area contributed by atoms with E-state index in [1.807, 2.05) is 31.2 Å². The summed E-state index contributed by atoms with van der Waals surface area (Å²) in [7, 11) is 0. The zero-order valence-corrected chi connectivity index (χ0v) is 11.0. The van der Waals surface area contributed by atoms with Gasteiger partial charge in [0.2, 0.25) is 5.91 Å².